The van der Waals surface area contributed by atoms with Gasteiger partial charge in [0.25, 0.3) is 0 Å². The maximum atomic E-state index is 12.6. The molecule has 1 N–H and O–H groups in total. The van der Waals surface area contributed by atoms with Crippen molar-refractivity contribution < 1.29 is 4.79 Å². The first-order valence-corrected chi connectivity index (χ1v) is 10.3. The van der Waals surface area contributed by atoms with Crippen molar-refractivity contribution in [3.8, 4) is 0 Å². The number of amides is 1. The molecule has 1 aliphatic rings. The Morgan fingerprint density at radius 2 is 2.00 bits per heavy atom. The zero-order chi connectivity index (χ0) is 19.3. The Morgan fingerprint density at radius 3 is 2.75 bits per heavy atom. The van der Waals surface area contributed by atoms with E-state index in [9.17, 15) is 4.79 Å². The van der Waals surface area contributed by atoms with Crippen LogP contribution in [0.3, 0.4) is 0 Å². The fourth-order valence-electron chi connectivity index (χ4n) is 3.13. The number of halogens is 1. The third-order valence-corrected chi connectivity index (χ3v) is 5.61. The summed E-state index contributed by atoms with van der Waals surface area (Å²) in [4.78, 5) is 25.7. The minimum Gasteiger partial charge on any atom is -0.353 e. The highest BCUT2D eigenvalue weighted by atomic mass is 35.5. The van der Waals surface area contributed by atoms with Crippen molar-refractivity contribution in [2.24, 2.45) is 0 Å². The van der Waals surface area contributed by atoms with Gasteiger partial charge in [-0.05, 0) is 30.3 Å². The van der Waals surface area contributed by atoms with Crippen LogP contribution >= 0.6 is 22.9 Å². The van der Waals surface area contributed by atoms with Gasteiger partial charge < -0.3 is 15.1 Å². The van der Waals surface area contributed by atoms with E-state index in [-0.39, 0.29) is 5.91 Å². The third kappa shape index (κ3) is 4.61. The Bertz CT molecular complexity index is 941. The molecule has 1 aromatic carbocycles. The van der Waals surface area contributed by atoms with Crippen molar-refractivity contribution in [2.75, 3.05) is 36.4 Å². The van der Waals surface area contributed by atoms with Crippen LogP contribution < -0.4 is 10.2 Å². The normalized spacial score (nSPS) is 14.2. The van der Waals surface area contributed by atoms with Gasteiger partial charge in [-0.3, -0.25) is 4.79 Å². The first-order chi connectivity index (χ1) is 13.7. The molecule has 28 heavy (non-hydrogen) atoms. The molecule has 6 nitrogen and oxygen atoms in total. The lowest BCUT2D eigenvalue weighted by Gasteiger charge is -2.35. The summed E-state index contributed by atoms with van der Waals surface area (Å²) in [5.74, 6) is 1.08. The number of benzene rings is 1. The fourth-order valence-corrected chi connectivity index (χ4v) is 4.05. The maximum absolute atomic E-state index is 12.6. The topological polar surface area (TPSA) is 61.4 Å². The number of aromatic nitrogens is 2. The average Bonchev–Trinajstić information content (AvgIpc) is 3.15. The van der Waals surface area contributed by atoms with E-state index in [0.29, 0.717) is 24.5 Å². The van der Waals surface area contributed by atoms with E-state index in [2.05, 4.69) is 20.2 Å². The summed E-state index contributed by atoms with van der Waals surface area (Å²) < 4.78 is 0. The highest BCUT2D eigenvalue weighted by Gasteiger charge is 2.22. The number of pyridine rings is 1. The molecule has 1 saturated heterocycles. The van der Waals surface area contributed by atoms with Gasteiger partial charge in [-0.2, -0.15) is 0 Å². The number of carbonyl (C=O) groups excluding carboxylic acids is 1. The van der Waals surface area contributed by atoms with E-state index in [4.69, 9.17) is 11.6 Å². The van der Waals surface area contributed by atoms with Crippen LogP contribution in [0, 0.1) is 0 Å². The predicted octanol–water partition coefficient (Wildman–Crippen LogP) is 3.83. The highest BCUT2D eigenvalue weighted by molar-refractivity contribution is 7.13. The SMILES string of the molecule is O=C(Cc1csc(Nc2cccc(Cl)c2)n1)N1CCN(c2ccccn2)CC1. The molecule has 0 radical (unpaired) electrons. The van der Waals surface area contributed by atoms with Crippen LogP contribution in [0.1, 0.15) is 5.69 Å². The fraction of sp³-hybridized carbons (Fsp3) is 0.250. The van der Waals surface area contributed by atoms with Gasteiger partial charge in [0.15, 0.2) is 5.13 Å². The molecule has 1 aliphatic heterocycles. The lowest BCUT2D eigenvalue weighted by atomic mass is 10.2. The number of nitrogens with one attached hydrogen (secondary N) is 1. The van der Waals surface area contributed by atoms with Crippen molar-refractivity contribution in [3.05, 3.63) is 64.8 Å². The molecular weight excluding hydrogens is 394 g/mol. The van der Waals surface area contributed by atoms with Crippen LogP contribution in [0.4, 0.5) is 16.6 Å². The summed E-state index contributed by atoms with van der Waals surface area (Å²) in [7, 11) is 0. The Balaban J connectivity index is 1.30. The molecule has 8 heteroatoms. The van der Waals surface area contributed by atoms with Crippen molar-refractivity contribution in [1.29, 1.82) is 0 Å². The molecule has 3 heterocycles. The number of rotatable bonds is 5. The molecule has 2 aromatic heterocycles. The van der Waals surface area contributed by atoms with Crippen molar-refractivity contribution in [3.63, 3.8) is 0 Å². The second-order valence-electron chi connectivity index (χ2n) is 6.51. The van der Waals surface area contributed by atoms with Crippen LogP contribution in [0.25, 0.3) is 0 Å². The summed E-state index contributed by atoms with van der Waals surface area (Å²) in [5, 5.41) is 6.57. The summed E-state index contributed by atoms with van der Waals surface area (Å²) in [6.45, 7) is 2.99. The zero-order valence-corrected chi connectivity index (χ0v) is 16.8. The Kier molecular flexibility index (Phi) is 5.73. The number of nitrogens with zero attached hydrogens (tertiary/aromatic N) is 4. The van der Waals surface area contributed by atoms with Crippen LogP contribution in [0.15, 0.2) is 54.0 Å². The number of anilines is 3. The molecule has 1 fully saturated rings. The van der Waals surface area contributed by atoms with Crippen molar-refractivity contribution in [1.82, 2.24) is 14.9 Å². The molecule has 0 atom stereocenters. The van der Waals surface area contributed by atoms with Crippen LogP contribution in [0.5, 0.6) is 0 Å². The monoisotopic (exact) mass is 413 g/mol. The van der Waals surface area contributed by atoms with E-state index in [1.54, 1.807) is 6.20 Å². The van der Waals surface area contributed by atoms with Gasteiger partial charge in [0.1, 0.15) is 5.82 Å². The molecule has 0 saturated carbocycles. The molecule has 4 rings (SSSR count). The molecule has 0 spiro atoms. The first-order valence-electron chi connectivity index (χ1n) is 9.08. The Labute approximate surface area is 172 Å². The molecular formula is C20H20ClN5OS. The lowest BCUT2D eigenvalue weighted by Crippen LogP contribution is -2.49. The van der Waals surface area contributed by atoms with Gasteiger partial charge in [0.2, 0.25) is 5.91 Å². The van der Waals surface area contributed by atoms with Crippen molar-refractivity contribution >= 4 is 45.5 Å². The second-order valence-corrected chi connectivity index (χ2v) is 7.81. The summed E-state index contributed by atoms with van der Waals surface area (Å²) >= 11 is 7.49. The van der Waals surface area contributed by atoms with Gasteiger partial charge in [-0.15, -0.1) is 11.3 Å². The lowest BCUT2D eigenvalue weighted by molar-refractivity contribution is -0.130. The maximum Gasteiger partial charge on any atom is 0.228 e. The molecule has 0 bridgehead atoms. The third-order valence-electron chi connectivity index (χ3n) is 4.57. The van der Waals surface area contributed by atoms with Crippen LogP contribution in [0.2, 0.25) is 5.02 Å². The number of piperazine rings is 1. The van der Waals surface area contributed by atoms with Gasteiger partial charge in [0.05, 0.1) is 12.1 Å². The van der Waals surface area contributed by atoms with E-state index in [0.717, 1.165) is 35.4 Å². The van der Waals surface area contributed by atoms with Gasteiger partial charge in [-0.1, -0.05) is 23.7 Å². The largest absolute Gasteiger partial charge is 0.353 e. The summed E-state index contributed by atoms with van der Waals surface area (Å²) in [6.07, 6.45) is 2.11. The Morgan fingerprint density at radius 1 is 1.14 bits per heavy atom. The number of carbonyl (C=O) groups is 1. The molecule has 1 amide bonds. The summed E-state index contributed by atoms with van der Waals surface area (Å²) in [5.41, 5.74) is 1.66. The minimum atomic E-state index is 0.111. The van der Waals surface area contributed by atoms with E-state index < -0.39 is 0 Å². The molecule has 144 valence electrons. The number of hydrogen-bond donors (Lipinski definition) is 1. The quantitative estimate of drug-likeness (QED) is 0.688. The number of thiazole rings is 1. The average molecular weight is 414 g/mol. The Hall–Kier alpha value is -2.64. The van der Waals surface area contributed by atoms with E-state index in [1.165, 1.54) is 11.3 Å². The van der Waals surface area contributed by atoms with Gasteiger partial charge in [-0.25, -0.2) is 9.97 Å². The predicted molar refractivity (Wildman–Crippen MR) is 114 cm³/mol. The second kappa shape index (κ2) is 8.58. The molecule has 0 aliphatic carbocycles. The first kappa shape index (κ1) is 18.7. The van der Waals surface area contributed by atoms with Gasteiger partial charge in [0, 0.05) is 48.5 Å². The van der Waals surface area contributed by atoms with Crippen LogP contribution in [-0.4, -0.2) is 47.0 Å². The van der Waals surface area contributed by atoms with Crippen LogP contribution in [-0.2, 0) is 11.2 Å². The highest BCUT2D eigenvalue weighted by Crippen LogP contribution is 2.23. The minimum absolute atomic E-state index is 0.111. The van der Waals surface area contributed by atoms with E-state index >= 15 is 0 Å². The number of hydrogen-bond acceptors (Lipinski definition) is 6. The molecule has 3 aromatic rings. The van der Waals surface area contributed by atoms with E-state index in [1.807, 2.05) is 52.7 Å². The van der Waals surface area contributed by atoms with Crippen molar-refractivity contribution in [2.45, 2.75) is 6.42 Å². The standard InChI is InChI=1S/C20H20ClN5OS/c21-15-4-3-5-16(12-15)23-20-24-17(14-28-20)13-19(27)26-10-8-25(9-11-26)18-6-1-2-7-22-18/h1-7,12,14H,8-11,13H2,(H,23,24). The zero-order valence-electron chi connectivity index (χ0n) is 15.2. The summed E-state index contributed by atoms with van der Waals surface area (Å²) in [6, 6.07) is 13.4. The molecule has 0 unspecified atom stereocenters. The van der Waals surface area contributed by atoms with Gasteiger partial charge >= 0.3 is 0 Å². The smallest absolute Gasteiger partial charge is 0.228 e.